The maximum absolute atomic E-state index is 14.1. The number of allylic oxidation sites excluding steroid dienone is 2. The number of nitrogens with one attached hydrogen (secondary N) is 1. The smallest absolute Gasteiger partial charge is 0.416 e. The molecule has 2 heterocycles. The Balaban J connectivity index is 1.63. The van der Waals surface area contributed by atoms with E-state index < -0.39 is 40.6 Å². The fourth-order valence-corrected chi connectivity index (χ4v) is 4.92. The van der Waals surface area contributed by atoms with Crippen LogP contribution in [0.1, 0.15) is 51.7 Å². The molecular formula is C32H32F3NO7. The van der Waals surface area contributed by atoms with E-state index in [2.05, 4.69) is 5.32 Å². The Morgan fingerprint density at radius 3 is 2.16 bits per heavy atom. The Labute approximate surface area is 246 Å². The Kier molecular flexibility index (Phi) is 9.03. The SMILES string of the molecule is CCOC(=O)C1=C(C)NC(C)=C(C(=O)OCC(C)(C)COc2cc(=O)oc3ccccc23)C1c1ccccc1C(F)(F)F. The third-order valence-electron chi connectivity index (χ3n) is 6.88. The van der Waals surface area contributed by atoms with Crippen LogP contribution in [0.4, 0.5) is 13.2 Å². The van der Waals surface area contributed by atoms with Crippen molar-refractivity contribution in [2.75, 3.05) is 19.8 Å². The van der Waals surface area contributed by atoms with E-state index in [9.17, 15) is 27.6 Å². The number of ether oxygens (including phenoxy) is 3. The lowest BCUT2D eigenvalue weighted by Gasteiger charge is -2.32. The fraction of sp³-hybridized carbons (Fsp3) is 0.344. The van der Waals surface area contributed by atoms with Crippen LogP contribution in [0.5, 0.6) is 5.75 Å². The molecule has 0 spiro atoms. The van der Waals surface area contributed by atoms with Gasteiger partial charge in [-0.3, -0.25) is 0 Å². The van der Waals surface area contributed by atoms with Crippen LogP contribution in [0.25, 0.3) is 11.0 Å². The van der Waals surface area contributed by atoms with Crippen LogP contribution in [-0.2, 0) is 25.2 Å². The highest BCUT2D eigenvalue weighted by Gasteiger charge is 2.43. The summed E-state index contributed by atoms with van der Waals surface area (Å²) in [5.74, 6) is -2.86. The van der Waals surface area contributed by atoms with Gasteiger partial charge in [-0.25, -0.2) is 14.4 Å². The summed E-state index contributed by atoms with van der Waals surface area (Å²) in [5.41, 5.74) is -2.04. The van der Waals surface area contributed by atoms with Crippen molar-refractivity contribution in [2.45, 2.75) is 46.7 Å². The number of fused-ring (bicyclic) bond motifs is 1. The molecule has 1 aromatic heterocycles. The number of benzene rings is 2. The topological polar surface area (TPSA) is 104 Å². The first-order chi connectivity index (χ1) is 20.2. The van der Waals surface area contributed by atoms with E-state index in [1.54, 1.807) is 45.0 Å². The summed E-state index contributed by atoms with van der Waals surface area (Å²) in [5, 5.41) is 3.52. The van der Waals surface area contributed by atoms with E-state index in [0.29, 0.717) is 16.7 Å². The number of carbonyl (C=O) groups excluding carboxylic acids is 2. The second-order valence-corrected chi connectivity index (χ2v) is 10.9. The number of hydrogen-bond donors (Lipinski definition) is 1. The zero-order valence-electron chi connectivity index (χ0n) is 24.4. The summed E-state index contributed by atoms with van der Waals surface area (Å²) in [6.07, 6.45) is -4.75. The van der Waals surface area contributed by atoms with E-state index in [1.807, 2.05) is 0 Å². The van der Waals surface area contributed by atoms with Gasteiger partial charge in [0.2, 0.25) is 0 Å². The number of halogens is 3. The molecule has 0 radical (unpaired) electrons. The minimum atomic E-state index is -4.75. The van der Waals surface area contributed by atoms with Crippen LogP contribution >= 0.6 is 0 Å². The lowest BCUT2D eigenvalue weighted by Crippen LogP contribution is -2.35. The van der Waals surface area contributed by atoms with Gasteiger partial charge in [0.25, 0.3) is 0 Å². The van der Waals surface area contributed by atoms with Crippen molar-refractivity contribution in [3.05, 3.63) is 98.7 Å². The second-order valence-electron chi connectivity index (χ2n) is 10.9. The molecule has 4 rings (SSSR count). The van der Waals surface area contributed by atoms with Crippen molar-refractivity contribution in [1.82, 2.24) is 5.32 Å². The number of esters is 2. The summed E-state index contributed by atoms with van der Waals surface area (Å²) in [6.45, 7) is 8.00. The van der Waals surface area contributed by atoms with Crippen molar-refractivity contribution in [2.24, 2.45) is 5.41 Å². The predicted molar refractivity (Wildman–Crippen MR) is 152 cm³/mol. The van der Waals surface area contributed by atoms with E-state index in [4.69, 9.17) is 18.6 Å². The van der Waals surface area contributed by atoms with Gasteiger partial charge in [0.1, 0.15) is 11.3 Å². The maximum Gasteiger partial charge on any atom is 0.416 e. The minimum Gasteiger partial charge on any atom is -0.492 e. The van der Waals surface area contributed by atoms with E-state index in [-0.39, 0.29) is 47.9 Å². The van der Waals surface area contributed by atoms with Gasteiger partial charge in [0.15, 0.2) is 0 Å². The lowest BCUT2D eigenvalue weighted by molar-refractivity contribution is -0.144. The summed E-state index contributed by atoms with van der Waals surface area (Å²) >= 11 is 0. The third-order valence-corrected chi connectivity index (χ3v) is 6.88. The highest BCUT2D eigenvalue weighted by molar-refractivity contribution is 6.00. The molecule has 1 aliphatic rings. The van der Waals surface area contributed by atoms with Crippen LogP contribution in [0.3, 0.4) is 0 Å². The number of para-hydroxylation sites is 1. The van der Waals surface area contributed by atoms with Crippen molar-refractivity contribution in [1.29, 1.82) is 0 Å². The standard InChI is InChI=1S/C32H32F3NO7/c1-6-40-29(38)26-18(2)36-19(3)27(28(26)20-11-7-9-13-22(20)32(33,34)35)30(39)42-17-31(4,5)16-41-24-15-25(37)43-23-14-10-8-12-21(23)24/h7-15,28,36H,6,16-17H2,1-5H3. The minimum absolute atomic E-state index is 0.0153. The zero-order chi connectivity index (χ0) is 31.5. The van der Waals surface area contributed by atoms with E-state index in [1.165, 1.54) is 38.1 Å². The molecule has 43 heavy (non-hydrogen) atoms. The fourth-order valence-electron chi connectivity index (χ4n) is 4.92. The van der Waals surface area contributed by atoms with Gasteiger partial charge in [-0.05, 0) is 44.5 Å². The quantitative estimate of drug-likeness (QED) is 0.227. The van der Waals surface area contributed by atoms with Gasteiger partial charge in [-0.2, -0.15) is 13.2 Å². The Bertz CT molecular complexity index is 1670. The van der Waals surface area contributed by atoms with E-state index in [0.717, 1.165) is 6.07 Å². The van der Waals surface area contributed by atoms with Gasteiger partial charge in [-0.1, -0.05) is 44.2 Å². The molecule has 2 aromatic carbocycles. The molecule has 1 aliphatic heterocycles. The number of alkyl halides is 3. The van der Waals surface area contributed by atoms with Crippen LogP contribution in [0.15, 0.2) is 86.3 Å². The van der Waals surface area contributed by atoms with Crippen LogP contribution < -0.4 is 15.7 Å². The van der Waals surface area contributed by atoms with E-state index >= 15 is 0 Å². The lowest BCUT2D eigenvalue weighted by atomic mass is 9.78. The molecular weight excluding hydrogens is 567 g/mol. The van der Waals surface area contributed by atoms with Gasteiger partial charge < -0.3 is 23.9 Å². The first-order valence-corrected chi connectivity index (χ1v) is 13.6. The number of carbonyl (C=O) groups is 2. The Hall–Kier alpha value is -4.54. The van der Waals surface area contributed by atoms with Crippen molar-refractivity contribution < 1.29 is 41.4 Å². The molecule has 1 unspecified atom stereocenters. The van der Waals surface area contributed by atoms with Crippen LogP contribution in [0.2, 0.25) is 0 Å². The summed E-state index contributed by atoms with van der Waals surface area (Å²) in [4.78, 5) is 38.7. The molecule has 1 atom stereocenters. The molecule has 11 heteroatoms. The largest absolute Gasteiger partial charge is 0.492 e. The average molecular weight is 600 g/mol. The summed E-state index contributed by atoms with van der Waals surface area (Å²) in [6, 6.07) is 12.9. The first kappa shape index (κ1) is 31.4. The molecule has 0 bridgehead atoms. The molecule has 0 saturated carbocycles. The van der Waals surface area contributed by atoms with Gasteiger partial charge in [0.05, 0.1) is 53.9 Å². The summed E-state index contributed by atoms with van der Waals surface area (Å²) in [7, 11) is 0. The normalized spacial score (nSPS) is 15.8. The monoisotopic (exact) mass is 599 g/mol. The van der Waals surface area contributed by atoms with Crippen molar-refractivity contribution in [3.63, 3.8) is 0 Å². The highest BCUT2D eigenvalue weighted by Crippen LogP contribution is 2.44. The molecule has 0 saturated heterocycles. The Morgan fingerprint density at radius 1 is 0.907 bits per heavy atom. The van der Waals surface area contributed by atoms with Gasteiger partial charge in [0, 0.05) is 16.8 Å². The highest BCUT2D eigenvalue weighted by atomic mass is 19.4. The number of rotatable bonds is 9. The first-order valence-electron chi connectivity index (χ1n) is 13.6. The molecule has 3 aromatic rings. The second kappa shape index (κ2) is 12.4. The predicted octanol–water partition coefficient (Wildman–Crippen LogP) is 6.26. The molecule has 1 N–H and O–H groups in total. The summed E-state index contributed by atoms with van der Waals surface area (Å²) < 4.78 is 64.4. The van der Waals surface area contributed by atoms with Crippen molar-refractivity contribution >= 4 is 22.9 Å². The Morgan fingerprint density at radius 2 is 1.51 bits per heavy atom. The average Bonchev–Trinajstić information content (AvgIpc) is 2.94. The van der Waals surface area contributed by atoms with Crippen molar-refractivity contribution in [3.8, 4) is 5.75 Å². The van der Waals surface area contributed by atoms with Gasteiger partial charge >= 0.3 is 23.7 Å². The zero-order valence-corrected chi connectivity index (χ0v) is 24.4. The molecule has 0 fully saturated rings. The third kappa shape index (κ3) is 6.93. The van der Waals surface area contributed by atoms with Crippen LogP contribution in [-0.4, -0.2) is 31.8 Å². The molecule has 228 valence electrons. The number of hydrogen-bond acceptors (Lipinski definition) is 8. The number of dihydropyridines is 1. The molecule has 0 aliphatic carbocycles. The molecule has 0 amide bonds. The van der Waals surface area contributed by atoms with Gasteiger partial charge in [-0.15, -0.1) is 0 Å². The maximum atomic E-state index is 14.1. The van der Waals surface area contributed by atoms with Crippen LogP contribution in [0, 0.1) is 5.41 Å². The molecule has 8 nitrogen and oxygen atoms in total.